The zero-order chi connectivity index (χ0) is 45.5. The minimum atomic E-state index is -0.294. The maximum absolute atomic E-state index is 11.7. The third-order valence-electron chi connectivity index (χ3n) is 12.3. The number of nitrogens with zero attached hydrogens (tertiary/aromatic N) is 4. The molecule has 1 heterocycles. The Morgan fingerprint density at radius 2 is 1.49 bits per heavy atom. The van der Waals surface area contributed by atoms with Crippen molar-refractivity contribution in [2.75, 3.05) is 6.61 Å². The second kappa shape index (κ2) is 20.0. The van der Waals surface area contributed by atoms with Gasteiger partial charge in [0.25, 0.3) is 0 Å². The number of ether oxygens (including phenoxy) is 2. The largest absolute Gasteiger partial charge is 0.507 e. The molecule has 0 saturated heterocycles. The van der Waals surface area contributed by atoms with Gasteiger partial charge in [-0.3, -0.25) is 9.67 Å². The highest BCUT2D eigenvalue weighted by molar-refractivity contribution is 5.85. The molecule has 0 radical (unpaired) electrons. The van der Waals surface area contributed by atoms with Gasteiger partial charge in [-0.25, -0.2) is 0 Å². The summed E-state index contributed by atoms with van der Waals surface area (Å²) < 4.78 is 14.4. The van der Waals surface area contributed by atoms with Crippen LogP contribution in [0.15, 0.2) is 84.0 Å². The number of phenols is 2. The van der Waals surface area contributed by atoms with Crippen molar-refractivity contribution in [3.8, 4) is 34.3 Å². The fourth-order valence-electron chi connectivity index (χ4n) is 8.41. The first-order valence-corrected chi connectivity index (χ1v) is 23.1. The van der Waals surface area contributed by atoms with Crippen molar-refractivity contribution in [2.45, 2.75) is 157 Å². The van der Waals surface area contributed by atoms with Crippen LogP contribution in [0, 0.1) is 12.8 Å². The van der Waals surface area contributed by atoms with Gasteiger partial charge in [-0.2, -0.15) is 0 Å². The van der Waals surface area contributed by atoms with E-state index < -0.39 is 0 Å². The molecule has 8 nitrogen and oxygen atoms in total. The molecule has 336 valence electrons. The van der Waals surface area contributed by atoms with E-state index in [1.807, 2.05) is 41.4 Å². The van der Waals surface area contributed by atoms with Crippen molar-refractivity contribution < 1.29 is 19.7 Å². The molecular formula is C55H72N4O4. The van der Waals surface area contributed by atoms with Gasteiger partial charge in [-0.15, -0.1) is 5.10 Å². The molecular weight excluding hydrogens is 781 g/mol. The van der Waals surface area contributed by atoms with Gasteiger partial charge in [0.05, 0.1) is 18.8 Å². The van der Waals surface area contributed by atoms with Crippen LogP contribution in [0.2, 0.25) is 0 Å². The van der Waals surface area contributed by atoms with E-state index in [0.717, 1.165) is 113 Å². The van der Waals surface area contributed by atoms with Crippen molar-refractivity contribution in [1.82, 2.24) is 15.0 Å². The standard InChI is InChI=1S/C55H72N4O4/c1-12-39-31-45(63-36-38-20-14-13-15-21-38)28-37(2)52(39)62-27-19-18-26-59-35-49(57-58-59)42-29-41(50(60)46(32-42)54(6,7)8)25-24-40-22-16-17-23-48(40)56-34-43-30-44(53(3,4)5)33-47(51(43)61)55(9,10)11/h13-15,20-21,24-25,28-35,40,48,60-61H,12,16-19,22-23,26-27,36H2,1-11H3/b25-24+,56-34?/t40-,48-/m1/s1. The predicted octanol–water partition coefficient (Wildman–Crippen LogP) is 13.2. The minimum Gasteiger partial charge on any atom is -0.507 e. The number of aryl methyl sites for hydroxylation is 3. The van der Waals surface area contributed by atoms with Crippen LogP contribution in [0.1, 0.15) is 152 Å². The number of aliphatic imine (C=N–C) groups is 1. The predicted molar refractivity (Wildman–Crippen MR) is 260 cm³/mol. The molecule has 4 aromatic carbocycles. The summed E-state index contributed by atoms with van der Waals surface area (Å²) in [6, 6.07) is 22.8. The van der Waals surface area contributed by atoms with Crippen molar-refractivity contribution in [3.05, 3.63) is 124 Å². The molecule has 0 unspecified atom stereocenters. The maximum Gasteiger partial charge on any atom is 0.128 e. The molecule has 0 aliphatic heterocycles. The van der Waals surface area contributed by atoms with Crippen molar-refractivity contribution >= 4 is 12.3 Å². The monoisotopic (exact) mass is 853 g/mol. The van der Waals surface area contributed by atoms with Crippen LogP contribution in [0.4, 0.5) is 0 Å². The van der Waals surface area contributed by atoms with E-state index in [2.05, 4.69) is 141 Å². The Balaban J connectivity index is 1.12. The summed E-state index contributed by atoms with van der Waals surface area (Å²) in [5, 5.41) is 32.2. The zero-order valence-corrected chi connectivity index (χ0v) is 39.9. The number of phenolic OH excluding ortho intramolecular Hbond substituents is 2. The zero-order valence-electron chi connectivity index (χ0n) is 39.9. The molecule has 2 atom stereocenters. The van der Waals surface area contributed by atoms with Gasteiger partial charge in [0.15, 0.2) is 0 Å². The van der Waals surface area contributed by atoms with Crippen LogP contribution in [-0.2, 0) is 35.8 Å². The molecule has 63 heavy (non-hydrogen) atoms. The first-order chi connectivity index (χ1) is 29.8. The van der Waals surface area contributed by atoms with E-state index in [0.29, 0.717) is 24.7 Å². The number of rotatable bonds is 15. The first kappa shape index (κ1) is 47.1. The van der Waals surface area contributed by atoms with E-state index in [-0.39, 0.29) is 28.2 Å². The quantitative estimate of drug-likeness (QED) is 0.0803. The third kappa shape index (κ3) is 12.2. The van der Waals surface area contributed by atoms with Crippen LogP contribution < -0.4 is 9.47 Å². The molecule has 0 spiro atoms. The SMILES string of the molecule is CCc1cc(OCc2ccccc2)cc(C)c1OCCCCn1cc(-c2cc(/C=C/[C@H]3CCCC[C@H]3N=Cc3cc(C(C)(C)C)cc(C(C)(C)C)c3O)c(O)c(C(C)(C)C)c2)nn1. The Labute approximate surface area is 377 Å². The topological polar surface area (TPSA) is 102 Å². The van der Waals surface area contributed by atoms with Crippen LogP contribution >= 0.6 is 0 Å². The second-order valence-corrected chi connectivity index (χ2v) is 20.6. The van der Waals surface area contributed by atoms with Gasteiger partial charge >= 0.3 is 0 Å². The molecule has 1 aliphatic rings. The van der Waals surface area contributed by atoms with Gasteiger partial charge in [-0.1, -0.05) is 136 Å². The molecule has 1 aliphatic carbocycles. The van der Waals surface area contributed by atoms with E-state index in [4.69, 9.17) is 14.5 Å². The smallest absolute Gasteiger partial charge is 0.128 e. The highest BCUT2D eigenvalue weighted by atomic mass is 16.5. The molecule has 1 fully saturated rings. The Morgan fingerprint density at radius 3 is 2.19 bits per heavy atom. The third-order valence-corrected chi connectivity index (χ3v) is 12.3. The summed E-state index contributed by atoms with van der Waals surface area (Å²) in [5.74, 6) is 2.62. The summed E-state index contributed by atoms with van der Waals surface area (Å²) in [6.07, 6.45) is 15.1. The summed E-state index contributed by atoms with van der Waals surface area (Å²) in [4.78, 5) is 5.15. The van der Waals surface area contributed by atoms with Gasteiger partial charge in [-0.05, 0) is 114 Å². The Hall–Kier alpha value is -5.37. The number of unbranched alkanes of at least 4 members (excludes halogenated alkanes) is 1. The average Bonchev–Trinajstić information content (AvgIpc) is 3.71. The molecule has 5 aromatic rings. The van der Waals surface area contributed by atoms with Crippen LogP contribution in [0.25, 0.3) is 17.3 Å². The van der Waals surface area contributed by atoms with E-state index in [9.17, 15) is 10.2 Å². The summed E-state index contributed by atoms with van der Waals surface area (Å²) >= 11 is 0. The van der Waals surface area contributed by atoms with Gasteiger partial charge in [0, 0.05) is 40.6 Å². The fourth-order valence-corrected chi connectivity index (χ4v) is 8.41. The Bertz CT molecular complexity index is 2370. The van der Waals surface area contributed by atoms with Gasteiger partial charge < -0.3 is 19.7 Å². The van der Waals surface area contributed by atoms with E-state index >= 15 is 0 Å². The number of aromatic nitrogens is 3. The summed E-state index contributed by atoms with van der Waals surface area (Å²) in [7, 11) is 0. The van der Waals surface area contributed by atoms with Crippen molar-refractivity contribution in [1.29, 1.82) is 0 Å². The molecule has 6 rings (SSSR count). The van der Waals surface area contributed by atoms with Gasteiger partial charge in [0.2, 0.25) is 0 Å². The number of hydrogen-bond acceptors (Lipinski definition) is 7. The van der Waals surface area contributed by atoms with E-state index in [1.54, 1.807) is 0 Å². The normalized spacial score (nSPS) is 16.3. The Kier molecular flexibility index (Phi) is 15.0. The molecule has 1 aromatic heterocycles. The van der Waals surface area contributed by atoms with Gasteiger partial charge in [0.1, 0.15) is 35.3 Å². The molecule has 0 bridgehead atoms. The lowest BCUT2D eigenvalue weighted by Crippen LogP contribution is -2.22. The van der Waals surface area contributed by atoms with E-state index in [1.165, 1.54) is 5.56 Å². The number of benzene rings is 4. The fraction of sp³-hybridized carbons (Fsp3) is 0.473. The molecule has 0 amide bonds. The van der Waals surface area contributed by atoms with Crippen LogP contribution in [-0.4, -0.2) is 44.1 Å². The average molecular weight is 853 g/mol. The molecule has 8 heteroatoms. The number of hydrogen-bond donors (Lipinski definition) is 2. The van der Waals surface area contributed by atoms with Crippen molar-refractivity contribution in [3.63, 3.8) is 0 Å². The lowest BCUT2D eigenvalue weighted by atomic mass is 9.79. The Morgan fingerprint density at radius 1 is 0.794 bits per heavy atom. The maximum atomic E-state index is 11.7. The lowest BCUT2D eigenvalue weighted by molar-refractivity contribution is 0.291. The lowest BCUT2D eigenvalue weighted by Gasteiger charge is -2.28. The van der Waals surface area contributed by atoms with Crippen LogP contribution in [0.5, 0.6) is 23.0 Å². The summed E-state index contributed by atoms with van der Waals surface area (Å²) in [6.45, 7) is 25.5. The first-order valence-electron chi connectivity index (χ1n) is 23.1. The van der Waals surface area contributed by atoms with Crippen molar-refractivity contribution in [2.24, 2.45) is 10.9 Å². The number of aromatic hydroxyl groups is 2. The minimum absolute atomic E-state index is 0.0640. The second-order valence-electron chi connectivity index (χ2n) is 20.6. The highest BCUT2D eigenvalue weighted by Gasteiger charge is 2.27. The molecule has 1 saturated carbocycles. The van der Waals surface area contributed by atoms with Crippen LogP contribution in [0.3, 0.4) is 0 Å². The highest BCUT2D eigenvalue weighted by Crippen LogP contribution is 2.40. The molecule has 2 N–H and O–H groups in total. The summed E-state index contributed by atoms with van der Waals surface area (Å²) in [5.41, 5.74) is 9.04.